The highest BCUT2D eigenvalue weighted by molar-refractivity contribution is 7.98. The molecular formula is C11H16N2S. The second-order valence-electron chi connectivity index (χ2n) is 3.72. The molecule has 1 aliphatic carbocycles. The van der Waals surface area contributed by atoms with Crippen LogP contribution in [0.4, 0.5) is 0 Å². The predicted molar refractivity (Wildman–Crippen MR) is 61.0 cm³/mol. The van der Waals surface area contributed by atoms with Gasteiger partial charge >= 0.3 is 0 Å². The molecule has 0 aliphatic heterocycles. The Morgan fingerprint density at radius 3 is 2.71 bits per heavy atom. The minimum Gasteiger partial charge on any atom is -0.271 e. The number of rotatable bonds is 4. The van der Waals surface area contributed by atoms with Gasteiger partial charge in [0.2, 0.25) is 0 Å². The quantitative estimate of drug-likeness (QED) is 0.453. The van der Waals surface area contributed by atoms with Crippen LogP contribution < -0.4 is 11.3 Å². The first-order valence-electron chi connectivity index (χ1n) is 4.96. The zero-order chi connectivity index (χ0) is 9.97. The second-order valence-corrected chi connectivity index (χ2v) is 4.57. The van der Waals surface area contributed by atoms with Crippen LogP contribution in [-0.4, -0.2) is 6.26 Å². The van der Waals surface area contributed by atoms with Crippen LogP contribution in [0.2, 0.25) is 0 Å². The van der Waals surface area contributed by atoms with E-state index in [9.17, 15) is 0 Å². The van der Waals surface area contributed by atoms with E-state index in [4.69, 9.17) is 5.84 Å². The van der Waals surface area contributed by atoms with Crippen LogP contribution in [0.1, 0.15) is 24.4 Å². The van der Waals surface area contributed by atoms with Crippen LogP contribution in [-0.2, 0) is 0 Å². The molecule has 1 fully saturated rings. The molecule has 1 unspecified atom stereocenters. The van der Waals surface area contributed by atoms with Gasteiger partial charge in [0.25, 0.3) is 0 Å². The Morgan fingerprint density at radius 2 is 2.14 bits per heavy atom. The zero-order valence-corrected chi connectivity index (χ0v) is 9.18. The van der Waals surface area contributed by atoms with Gasteiger partial charge in [-0.25, -0.2) is 0 Å². The van der Waals surface area contributed by atoms with Crippen molar-refractivity contribution < 1.29 is 0 Å². The molecule has 0 amide bonds. The lowest BCUT2D eigenvalue weighted by molar-refractivity contribution is 0.490. The molecule has 1 saturated carbocycles. The molecule has 1 aromatic rings. The summed E-state index contributed by atoms with van der Waals surface area (Å²) in [4.78, 5) is 1.34. The number of hydrazine groups is 1. The van der Waals surface area contributed by atoms with Crippen LogP contribution in [0.5, 0.6) is 0 Å². The Labute approximate surface area is 89.2 Å². The predicted octanol–water partition coefficient (Wildman–Crippen LogP) is 2.32. The van der Waals surface area contributed by atoms with E-state index in [0.29, 0.717) is 6.04 Å². The van der Waals surface area contributed by atoms with Gasteiger partial charge < -0.3 is 0 Å². The molecule has 0 aromatic heterocycles. The van der Waals surface area contributed by atoms with Crippen molar-refractivity contribution in [3.05, 3.63) is 29.8 Å². The maximum atomic E-state index is 5.61. The van der Waals surface area contributed by atoms with Crippen LogP contribution in [0, 0.1) is 5.92 Å². The standard InChI is InChI=1S/C11H16N2S/c1-14-10-5-3-2-4-9(10)11(13-12)8-6-7-8/h2-5,8,11,13H,6-7,12H2,1H3. The molecule has 2 nitrogen and oxygen atoms in total. The minimum atomic E-state index is 0.346. The highest BCUT2D eigenvalue weighted by Crippen LogP contribution is 2.42. The SMILES string of the molecule is CSc1ccccc1C(NN)C1CC1. The number of nitrogens with one attached hydrogen (secondary N) is 1. The number of nitrogens with two attached hydrogens (primary N) is 1. The van der Waals surface area contributed by atoms with Gasteiger partial charge in [0.15, 0.2) is 0 Å². The highest BCUT2D eigenvalue weighted by atomic mass is 32.2. The van der Waals surface area contributed by atoms with Gasteiger partial charge in [-0.2, -0.15) is 0 Å². The Morgan fingerprint density at radius 1 is 1.43 bits per heavy atom. The molecule has 76 valence electrons. The van der Waals surface area contributed by atoms with Crippen molar-refractivity contribution in [3.8, 4) is 0 Å². The lowest BCUT2D eigenvalue weighted by Gasteiger charge is -2.18. The van der Waals surface area contributed by atoms with E-state index >= 15 is 0 Å². The summed E-state index contributed by atoms with van der Waals surface area (Å²) in [7, 11) is 0. The molecule has 1 aromatic carbocycles. The molecule has 1 aliphatic rings. The van der Waals surface area contributed by atoms with Gasteiger partial charge in [-0.1, -0.05) is 18.2 Å². The first-order chi connectivity index (χ1) is 6.86. The largest absolute Gasteiger partial charge is 0.271 e. The number of hydrogen-bond acceptors (Lipinski definition) is 3. The summed E-state index contributed by atoms with van der Waals surface area (Å²) in [5.41, 5.74) is 4.29. The monoisotopic (exact) mass is 208 g/mol. The average molecular weight is 208 g/mol. The van der Waals surface area contributed by atoms with Gasteiger partial charge in [-0.3, -0.25) is 11.3 Å². The van der Waals surface area contributed by atoms with Crippen molar-refractivity contribution in [1.29, 1.82) is 0 Å². The number of thioether (sulfide) groups is 1. The second kappa shape index (κ2) is 4.34. The van der Waals surface area contributed by atoms with Crippen molar-refractivity contribution in [1.82, 2.24) is 5.43 Å². The van der Waals surface area contributed by atoms with Crippen molar-refractivity contribution in [2.45, 2.75) is 23.8 Å². The van der Waals surface area contributed by atoms with Crippen molar-refractivity contribution in [2.24, 2.45) is 11.8 Å². The van der Waals surface area contributed by atoms with Crippen molar-refractivity contribution >= 4 is 11.8 Å². The van der Waals surface area contributed by atoms with Crippen LogP contribution in [0.25, 0.3) is 0 Å². The van der Waals surface area contributed by atoms with Crippen molar-refractivity contribution in [2.75, 3.05) is 6.26 Å². The lowest BCUT2D eigenvalue weighted by atomic mass is 10.0. The van der Waals surface area contributed by atoms with Gasteiger partial charge in [-0.15, -0.1) is 11.8 Å². The summed E-state index contributed by atoms with van der Waals surface area (Å²) < 4.78 is 0. The molecule has 0 bridgehead atoms. The lowest BCUT2D eigenvalue weighted by Crippen LogP contribution is -2.29. The smallest absolute Gasteiger partial charge is 0.0499 e. The van der Waals surface area contributed by atoms with E-state index in [1.54, 1.807) is 11.8 Å². The van der Waals surface area contributed by atoms with E-state index in [0.717, 1.165) is 5.92 Å². The summed E-state index contributed by atoms with van der Waals surface area (Å²) in [6, 6.07) is 8.84. The van der Waals surface area contributed by atoms with Gasteiger partial charge in [0.05, 0.1) is 0 Å². The van der Waals surface area contributed by atoms with E-state index < -0.39 is 0 Å². The Balaban J connectivity index is 2.27. The molecular weight excluding hydrogens is 192 g/mol. The van der Waals surface area contributed by atoms with Gasteiger partial charge in [-0.05, 0) is 36.6 Å². The fourth-order valence-electron chi connectivity index (χ4n) is 1.83. The third kappa shape index (κ3) is 1.95. The third-order valence-corrected chi connectivity index (χ3v) is 3.56. The highest BCUT2D eigenvalue weighted by Gasteiger charge is 2.32. The van der Waals surface area contributed by atoms with E-state index in [-0.39, 0.29) is 0 Å². The number of benzene rings is 1. The fraction of sp³-hybridized carbons (Fsp3) is 0.455. The van der Waals surface area contributed by atoms with E-state index in [1.165, 1.54) is 23.3 Å². The molecule has 0 saturated heterocycles. The number of hydrogen-bond donors (Lipinski definition) is 2. The minimum absolute atomic E-state index is 0.346. The maximum Gasteiger partial charge on any atom is 0.0499 e. The fourth-order valence-corrected chi connectivity index (χ4v) is 2.48. The Kier molecular flexibility index (Phi) is 3.11. The first-order valence-corrected chi connectivity index (χ1v) is 6.18. The normalized spacial score (nSPS) is 18.1. The first kappa shape index (κ1) is 10.0. The average Bonchev–Trinajstić information content (AvgIpc) is 3.04. The van der Waals surface area contributed by atoms with Gasteiger partial charge in [0.1, 0.15) is 0 Å². The zero-order valence-electron chi connectivity index (χ0n) is 8.36. The molecule has 3 heteroatoms. The summed E-state index contributed by atoms with van der Waals surface area (Å²) >= 11 is 1.79. The molecule has 3 N–H and O–H groups in total. The summed E-state index contributed by atoms with van der Waals surface area (Å²) in [6.45, 7) is 0. The summed E-state index contributed by atoms with van der Waals surface area (Å²) in [6.07, 6.45) is 4.72. The Hall–Kier alpha value is -0.510. The van der Waals surface area contributed by atoms with E-state index in [2.05, 4.69) is 35.9 Å². The topological polar surface area (TPSA) is 38.0 Å². The van der Waals surface area contributed by atoms with E-state index in [1.807, 2.05) is 0 Å². The molecule has 2 rings (SSSR count). The third-order valence-electron chi connectivity index (χ3n) is 2.75. The molecule has 14 heavy (non-hydrogen) atoms. The summed E-state index contributed by atoms with van der Waals surface area (Å²) in [5.74, 6) is 6.35. The maximum absolute atomic E-state index is 5.61. The molecule has 0 radical (unpaired) electrons. The Bertz CT molecular complexity index is 310. The molecule has 0 heterocycles. The van der Waals surface area contributed by atoms with Crippen LogP contribution in [0.3, 0.4) is 0 Å². The molecule has 0 spiro atoms. The van der Waals surface area contributed by atoms with Crippen LogP contribution >= 0.6 is 11.8 Å². The molecule has 1 atom stereocenters. The van der Waals surface area contributed by atoms with Gasteiger partial charge in [0, 0.05) is 10.9 Å². The van der Waals surface area contributed by atoms with Crippen LogP contribution in [0.15, 0.2) is 29.2 Å². The van der Waals surface area contributed by atoms with Crippen molar-refractivity contribution in [3.63, 3.8) is 0 Å². The summed E-state index contributed by atoms with van der Waals surface area (Å²) in [5, 5.41) is 0.